The molecule has 0 aliphatic rings. The first kappa shape index (κ1) is 26.2. The highest BCUT2D eigenvalue weighted by Crippen LogP contribution is 2.44. The SMILES string of the molecule is Cc1ccc(-c2c(C)c(-c3ccc(C)c(C)c3)c(C(OC(C)(C)C)C(=O)O)c(C)c2C#N)cc1C. The monoisotopic (exact) mass is 469 g/mol. The molecule has 0 bridgehead atoms. The third-order valence-corrected chi connectivity index (χ3v) is 6.71. The van der Waals surface area contributed by atoms with E-state index in [0.717, 1.165) is 44.5 Å². The number of aryl methyl sites for hydroxylation is 4. The number of carboxylic acids is 1. The molecule has 3 aromatic carbocycles. The van der Waals surface area contributed by atoms with E-state index in [-0.39, 0.29) is 0 Å². The van der Waals surface area contributed by atoms with E-state index in [2.05, 4.69) is 58.0 Å². The molecule has 0 aromatic heterocycles. The molecule has 1 unspecified atom stereocenters. The second-order valence-electron chi connectivity index (χ2n) is 10.4. The van der Waals surface area contributed by atoms with E-state index >= 15 is 0 Å². The molecule has 1 N–H and O–H groups in total. The zero-order valence-corrected chi connectivity index (χ0v) is 22.3. The van der Waals surface area contributed by atoms with Crippen LogP contribution < -0.4 is 0 Å². The maximum atomic E-state index is 12.6. The summed E-state index contributed by atoms with van der Waals surface area (Å²) in [7, 11) is 0. The number of hydrogen-bond acceptors (Lipinski definition) is 3. The van der Waals surface area contributed by atoms with Gasteiger partial charge in [0.25, 0.3) is 0 Å². The van der Waals surface area contributed by atoms with E-state index < -0.39 is 17.7 Å². The molecular weight excluding hydrogens is 434 g/mol. The number of benzene rings is 3. The summed E-state index contributed by atoms with van der Waals surface area (Å²) in [5, 5.41) is 20.6. The molecule has 0 heterocycles. The van der Waals surface area contributed by atoms with Crippen molar-refractivity contribution in [1.29, 1.82) is 5.26 Å². The number of carbonyl (C=O) groups is 1. The molecule has 182 valence electrons. The molecule has 0 fully saturated rings. The molecular formula is C31H35NO3. The van der Waals surface area contributed by atoms with Gasteiger partial charge in [0.05, 0.1) is 11.2 Å². The number of nitriles is 1. The van der Waals surface area contributed by atoms with Gasteiger partial charge in [0, 0.05) is 11.1 Å². The van der Waals surface area contributed by atoms with Gasteiger partial charge in [0.2, 0.25) is 0 Å². The predicted octanol–water partition coefficient (Wildman–Crippen LogP) is 7.68. The van der Waals surface area contributed by atoms with Crippen molar-refractivity contribution in [3.63, 3.8) is 0 Å². The fourth-order valence-electron chi connectivity index (χ4n) is 4.60. The fraction of sp³-hybridized carbons (Fsp3) is 0.355. The Morgan fingerprint density at radius 3 is 1.71 bits per heavy atom. The second kappa shape index (κ2) is 9.68. The van der Waals surface area contributed by atoms with Gasteiger partial charge in [-0.15, -0.1) is 0 Å². The molecule has 1 atom stereocenters. The van der Waals surface area contributed by atoms with E-state index in [4.69, 9.17) is 4.74 Å². The Bertz CT molecular complexity index is 1350. The maximum Gasteiger partial charge on any atom is 0.337 e. The van der Waals surface area contributed by atoms with Gasteiger partial charge in [0.15, 0.2) is 6.10 Å². The lowest BCUT2D eigenvalue weighted by Gasteiger charge is -2.30. The zero-order chi connectivity index (χ0) is 26.2. The van der Waals surface area contributed by atoms with E-state index in [0.29, 0.717) is 16.7 Å². The van der Waals surface area contributed by atoms with Crippen molar-refractivity contribution in [2.75, 3.05) is 0 Å². The van der Waals surface area contributed by atoms with Crippen molar-refractivity contribution in [2.45, 2.75) is 74.0 Å². The standard InChI is InChI=1S/C31H35NO3/c1-17-10-12-23(14-19(17)3)26-22(6)27(24-13-11-18(2)20(4)15-24)28(21(5)25(26)16-32)29(30(33)34)35-31(7,8)9/h10-15,29H,1-9H3,(H,33,34). The second-order valence-corrected chi connectivity index (χ2v) is 10.4. The zero-order valence-electron chi connectivity index (χ0n) is 22.3. The van der Waals surface area contributed by atoms with Gasteiger partial charge in [-0.3, -0.25) is 0 Å². The molecule has 0 saturated heterocycles. The number of ether oxygens (including phenoxy) is 1. The topological polar surface area (TPSA) is 70.3 Å². The molecule has 4 nitrogen and oxygen atoms in total. The van der Waals surface area contributed by atoms with Gasteiger partial charge < -0.3 is 9.84 Å². The number of hydrogen-bond donors (Lipinski definition) is 1. The van der Waals surface area contributed by atoms with Crippen molar-refractivity contribution in [2.24, 2.45) is 0 Å². The van der Waals surface area contributed by atoms with Crippen LogP contribution in [0.4, 0.5) is 0 Å². The summed E-state index contributed by atoms with van der Waals surface area (Å²) in [6, 6.07) is 14.8. The third kappa shape index (κ3) is 5.16. The van der Waals surface area contributed by atoms with Gasteiger partial charge in [-0.25, -0.2) is 4.79 Å². The van der Waals surface area contributed by atoms with Crippen LogP contribution in [0.2, 0.25) is 0 Å². The third-order valence-electron chi connectivity index (χ3n) is 6.71. The van der Waals surface area contributed by atoms with E-state index in [9.17, 15) is 15.2 Å². The summed E-state index contributed by atoms with van der Waals surface area (Å²) in [4.78, 5) is 12.6. The molecule has 35 heavy (non-hydrogen) atoms. The summed E-state index contributed by atoms with van der Waals surface area (Å²) < 4.78 is 6.11. The van der Waals surface area contributed by atoms with Crippen LogP contribution in [0.25, 0.3) is 22.3 Å². The Morgan fingerprint density at radius 1 is 0.829 bits per heavy atom. The molecule has 0 aliphatic carbocycles. The van der Waals surface area contributed by atoms with Gasteiger partial charge >= 0.3 is 5.97 Å². The lowest BCUT2D eigenvalue weighted by molar-refractivity contribution is -0.160. The van der Waals surface area contributed by atoms with Gasteiger partial charge in [-0.05, 0) is 112 Å². The van der Waals surface area contributed by atoms with Crippen molar-refractivity contribution in [3.05, 3.63) is 80.9 Å². The predicted molar refractivity (Wildman–Crippen MR) is 142 cm³/mol. The molecule has 0 aliphatic heterocycles. The minimum absolute atomic E-state index is 0.483. The number of rotatable bonds is 5. The van der Waals surface area contributed by atoms with Gasteiger partial charge in [0.1, 0.15) is 6.07 Å². The summed E-state index contributed by atoms with van der Waals surface area (Å²) >= 11 is 0. The summed E-state index contributed by atoms with van der Waals surface area (Å²) in [6.07, 6.45) is -1.22. The molecule has 0 amide bonds. The Hall–Kier alpha value is -3.42. The van der Waals surface area contributed by atoms with Crippen molar-refractivity contribution >= 4 is 5.97 Å². The molecule has 4 heteroatoms. The Balaban J connectivity index is 2.52. The number of nitrogens with zero attached hydrogens (tertiary/aromatic N) is 1. The number of aliphatic carboxylic acids is 1. The average molecular weight is 470 g/mol. The first-order valence-electron chi connectivity index (χ1n) is 11.9. The molecule has 3 aromatic rings. The minimum atomic E-state index is -1.22. The normalized spacial score (nSPS) is 12.3. The van der Waals surface area contributed by atoms with Crippen LogP contribution >= 0.6 is 0 Å². The van der Waals surface area contributed by atoms with Crippen LogP contribution in [0.5, 0.6) is 0 Å². The largest absolute Gasteiger partial charge is 0.479 e. The molecule has 0 radical (unpaired) electrons. The highest BCUT2D eigenvalue weighted by Gasteiger charge is 2.34. The van der Waals surface area contributed by atoms with Crippen LogP contribution in [0.1, 0.15) is 71.4 Å². The highest BCUT2D eigenvalue weighted by molar-refractivity contribution is 5.90. The lowest BCUT2D eigenvalue weighted by Crippen LogP contribution is -2.28. The van der Waals surface area contributed by atoms with Crippen molar-refractivity contribution < 1.29 is 14.6 Å². The first-order valence-corrected chi connectivity index (χ1v) is 11.9. The van der Waals surface area contributed by atoms with Crippen molar-refractivity contribution in [3.8, 4) is 28.3 Å². The van der Waals surface area contributed by atoms with Crippen molar-refractivity contribution in [1.82, 2.24) is 0 Å². The Kier molecular flexibility index (Phi) is 7.24. The lowest BCUT2D eigenvalue weighted by atomic mass is 9.80. The summed E-state index contributed by atoms with van der Waals surface area (Å²) in [5.74, 6) is -1.07. The minimum Gasteiger partial charge on any atom is -0.479 e. The van der Waals surface area contributed by atoms with E-state index in [1.165, 1.54) is 5.56 Å². The van der Waals surface area contributed by atoms with Crippen LogP contribution in [0.3, 0.4) is 0 Å². The van der Waals surface area contributed by atoms with Gasteiger partial charge in [-0.2, -0.15) is 5.26 Å². The van der Waals surface area contributed by atoms with Crippen LogP contribution in [-0.2, 0) is 9.53 Å². The highest BCUT2D eigenvalue weighted by atomic mass is 16.5. The Labute approximate surface area is 209 Å². The van der Waals surface area contributed by atoms with Crippen LogP contribution in [0.15, 0.2) is 36.4 Å². The van der Waals surface area contributed by atoms with Crippen LogP contribution in [0, 0.1) is 52.9 Å². The maximum absolute atomic E-state index is 12.6. The van der Waals surface area contributed by atoms with Gasteiger partial charge in [-0.1, -0.05) is 36.4 Å². The van der Waals surface area contributed by atoms with E-state index in [1.54, 1.807) is 0 Å². The molecule has 3 rings (SSSR count). The average Bonchev–Trinajstić information content (AvgIpc) is 2.76. The summed E-state index contributed by atoms with van der Waals surface area (Å²) in [6.45, 7) is 17.6. The smallest absolute Gasteiger partial charge is 0.337 e. The first-order chi connectivity index (χ1) is 16.3. The van der Waals surface area contributed by atoms with Crippen LogP contribution in [-0.4, -0.2) is 16.7 Å². The van der Waals surface area contributed by atoms with E-state index in [1.807, 2.05) is 46.8 Å². The molecule has 0 spiro atoms. The quantitative estimate of drug-likeness (QED) is 0.416. The Morgan fingerprint density at radius 2 is 1.31 bits per heavy atom. The summed E-state index contributed by atoms with van der Waals surface area (Å²) in [5.41, 5.74) is 9.95. The fourth-order valence-corrected chi connectivity index (χ4v) is 4.60. The molecule has 0 saturated carbocycles. The number of carboxylic acid groups (broad SMARTS) is 1.